The predicted octanol–water partition coefficient (Wildman–Crippen LogP) is 4.81. The van der Waals surface area contributed by atoms with Crippen LogP contribution >= 0.6 is 0 Å². The van der Waals surface area contributed by atoms with Crippen LogP contribution in [0.4, 0.5) is 0 Å². The van der Waals surface area contributed by atoms with E-state index < -0.39 is 0 Å². The Kier molecular flexibility index (Phi) is 5.03. The van der Waals surface area contributed by atoms with Gasteiger partial charge in [0.1, 0.15) is 5.75 Å². The Morgan fingerprint density at radius 2 is 1.84 bits per heavy atom. The van der Waals surface area contributed by atoms with Crippen molar-refractivity contribution in [1.82, 2.24) is 4.90 Å². The fraction of sp³-hybridized carbons (Fsp3) is 0.296. The van der Waals surface area contributed by atoms with E-state index in [0.717, 1.165) is 30.6 Å². The maximum absolute atomic E-state index is 13.0. The molecule has 1 amide bonds. The third-order valence-electron chi connectivity index (χ3n) is 6.46. The minimum Gasteiger partial charge on any atom is -0.492 e. The van der Waals surface area contributed by atoms with E-state index in [-0.39, 0.29) is 11.3 Å². The first-order valence-electron chi connectivity index (χ1n) is 10.9. The molecule has 2 aliphatic rings. The summed E-state index contributed by atoms with van der Waals surface area (Å²) in [6.45, 7) is 4.28. The van der Waals surface area contributed by atoms with Crippen LogP contribution in [0.25, 0.3) is 0 Å². The van der Waals surface area contributed by atoms with E-state index in [4.69, 9.17) is 9.15 Å². The third-order valence-corrected chi connectivity index (χ3v) is 6.46. The molecule has 3 aromatic rings. The minimum atomic E-state index is -0.0657. The van der Waals surface area contributed by atoms with E-state index >= 15 is 0 Å². The zero-order chi connectivity index (χ0) is 21.3. The molecule has 2 aromatic carbocycles. The van der Waals surface area contributed by atoms with Crippen molar-refractivity contribution in [2.24, 2.45) is 0 Å². The quantitative estimate of drug-likeness (QED) is 0.569. The summed E-state index contributed by atoms with van der Waals surface area (Å²) in [4.78, 5) is 14.9. The highest BCUT2D eigenvalue weighted by molar-refractivity contribution is 5.91. The molecule has 0 unspecified atom stereocenters. The van der Waals surface area contributed by atoms with Crippen molar-refractivity contribution in [2.45, 2.75) is 31.6 Å². The molecule has 0 radical (unpaired) electrons. The standard InChI is InChI=1S/C27H25NO3/c1-2-20-9-12-24-23(18-20)27(19-30-24)14-16-28(17-15-27)26(29)25-13-11-22(31-25)10-8-21-6-4-3-5-7-21/h3-7,9,11-13,18H,2,14-17,19H2,1H3. The Hall–Kier alpha value is -3.45. The zero-order valence-electron chi connectivity index (χ0n) is 17.7. The Balaban J connectivity index is 1.27. The summed E-state index contributed by atoms with van der Waals surface area (Å²) >= 11 is 0. The molecule has 1 fully saturated rings. The molecule has 2 aliphatic heterocycles. The summed E-state index contributed by atoms with van der Waals surface area (Å²) in [5.41, 5.74) is 3.59. The number of fused-ring (bicyclic) bond motifs is 2. The van der Waals surface area contributed by atoms with Crippen LogP contribution in [-0.4, -0.2) is 30.5 Å². The number of benzene rings is 2. The lowest BCUT2D eigenvalue weighted by atomic mass is 9.74. The monoisotopic (exact) mass is 411 g/mol. The van der Waals surface area contributed by atoms with Crippen molar-refractivity contribution in [1.29, 1.82) is 0 Å². The molecule has 5 rings (SSSR count). The number of carbonyl (C=O) groups excluding carboxylic acids is 1. The molecule has 156 valence electrons. The predicted molar refractivity (Wildman–Crippen MR) is 119 cm³/mol. The number of carbonyl (C=O) groups is 1. The van der Waals surface area contributed by atoms with Crippen LogP contribution in [0, 0.1) is 11.8 Å². The van der Waals surface area contributed by atoms with Gasteiger partial charge in [0.15, 0.2) is 11.5 Å². The maximum Gasteiger partial charge on any atom is 0.289 e. The lowest BCUT2D eigenvalue weighted by Gasteiger charge is -2.38. The molecular formula is C27H25NO3. The van der Waals surface area contributed by atoms with Gasteiger partial charge in [0.05, 0.1) is 6.61 Å². The molecule has 0 N–H and O–H groups in total. The van der Waals surface area contributed by atoms with Crippen molar-refractivity contribution >= 4 is 5.91 Å². The van der Waals surface area contributed by atoms with Crippen LogP contribution in [0.5, 0.6) is 5.75 Å². The number of amides is 1. The van der Waals surface area contributed by atoms with Crippen LogP contribution in [0.1, 0.15) is 52.8 Å². The summed E-state index contributed by atoms with van der Waals surface area (Å²) in [5, 5.41) is 0. The highest BCUT2D eigenvalue weighted by Gasteiger charge is 2.44. The summed E-state index contributed by atoms with van der Waals surface area (Å²) in [7, 11) is 0. The van der Waals surface area contributed by atoms with E-state index in [9.17, 15) is 4.79 Å². The van der Waals surface area contributed by atoms with E-state index in [1.165, 1.54) is 11.1 Å². The molecule has 0 aliphatic carbocycles. The number of furan rings is 1. The summed E-state index contributed by atoms with van der Waals surface area (Å²) < 4.78 is 11.7. The molecule has 1 spiro atoms. The third kappa shape index (κ3) is 3.72. The normalized spacial score (nSPS) is 16.4. The van der Waals surface area contributed by atoms with Crippen LogP contribution < -0.4 is 4.74 Å². The van der Waals surface area contributed by atoms with Gasteiger partial charge in [-0.1, -0.05) is 43.2 Å². The van der Waals surface area contributed by atoms with Crippen molar-refractivity contribution in [3.8, 4) is 17.6 Å². The topological polar surface area (TPSA) is 42.7 Å². The lowest BCUT2D eigenvalue weighted by Crippen LogP contribution is -2.46. The first-order valence-corrected chi connectivity index (χ1v) is 10.9. The van der Waals surface area contributed by atoms with Crippen molar-refractivity contribution in [3.63, 3.8) is 0 Å². The second-order valence-electron chi connectivity index (χ2n) is 8.33. The Morgan fingerprint density at radius 3 is 2.61 bits per heavy atom. The van der Waals surface area contributed by atoms with Gasteiger partial charge in [-0.05, 0) is 61.1 Å². The number of aryl methyl sites for hydroxylation is 1. The Labute approximate surface area is 182 Å². The molecule has 0 atom stereocenters. The van der Waals surface area contributed by atoms with Gasteiger partial charge in [-0.2, -0.15) is 0 Å². The van der Waals surface area contributed by atoms with E-state index in [1.54, 1.807) is 12.1 Å². The first-order chi connectivity index (χ1) is 15.2. The average molecular weight is 412 g/mol. The van der Waals surface area contributed by atoms with Gasteiger partial charge in [0.2, 0.25) is 0 Å². The fourth-order valence-electron chi connectivity index (χ4n) is 4.51. The van der Waals surface area contributed by atoms with Gasteiger partial charge >= 0.3 is 0 Å². The van der Waals surface area contributed by atoms with Gasteiger partial charge in [0, 0.05) is 29.6 Å². The smallest absolute Gasteiger partial charge is 0.289 e. The second-order valence-corrected chi connectivity index (χ2v) is 8.33. The lowest BCUT2D eigenvalue weighted by molar-refractivity contribution is 0.0615. The van der Waals surface area contributed by atoms with Gasteiger partial charge in [0.25, 0.3) is 5.91 Å². The molecular weight excluding hydrogens is 386 g/mol. The second kappa shape index (κ2) is 8.00. The molecule has 3 heterocycles. The number of likely N-dealkylation sites (tertiary alicyclic amines) is 1. The number of hydrogen-bond acceptors (Lipinski definition) is 3. The van der Waals surface area contributed by atoms with Gasteiger partial charge in [-0.25, -0.2) is 0 Å². The van der Waals surface area contributed by atoms with Crippen LogP contribution in [0.3, 0.4) is 0 Å². The summed E-state index contributed by atoms with van der Waals surface area (Å²) in [6.07, 6.45) is 2.82. The molecule has 31 heavy (non-hydrogen) atoms. The van der Waals surface area contributed by atoms with Gasteiger partial charge in [-0.15, -0.1) is 0 Å². The first kappa shape index (κ1) is 19.5. The number of piperidine rings is 1. The van der Waals surface area contributed by atoms with Crippen molar-refractivity contribution < 1.29 is 13.9 Å². The number of ether oxygens (including phenoxy) is 1. The number of nitrogens with zero attached hydrogens (tertiary/aromatic N) is 1. The molecule has 1 aromatic heterocycles. The Morgan fingerprint density at radius 1 is 1.03 bits per heavy atom. The van der Waals surface area contributed by atoms with Crippen molar-refractivity contribution in [2.75, 3.05) is 19.7 Å². The molecule has 0 bridgehead atoms. The minimum absolute atomic E-state index is 0.0206. The molecule has 4 heteroatoms. The number of rotatable bonds is 2. The largest absolute Gasteiger partial charge is 0.492 e. The average Bonchev–Trinajstić information content (AvgIpc) is 3.44. The van der Waals surface area contributed by atoms with E-state index in [2.05, 4.69) is 37.0 Å². The maximum atomic E-state index is 13.0. The number of hydrogen-bond donors (Lipinski definition) is 0. The van der Waals surface area contributed by atoms with E-state index in [1.807, 2.05) is 35.2 Å². The molecule has 4 nitrogen and oxygen atoms in total. The fourth-order valence-corrected chi connectivity index (χ4v) is 4.51. The highest BCUT2D eigenvalue weighted by atomic mass is 16.5. The zero-order valence-corrected chi connectivity index (χ0v) is 17.7. The summed E-state index contributed by atoms with van der Waals surface area (Å²) in [6, 6.07) is 19.8. The SMILES string of the molecule is CCc1ccc2c(c1)C1(CCN(C(=O)c3ccc(C#Cc4ccccc4)o3)CC1)CO2. The van der Waals surface area contributed by atoms with Crippen LogP contribution in [0.2, 0.25) is 0 Å². The van der Waals surface area contributed by atoms with Gasteiger partial charge < -0.3 is 14.1 Å². The van der Waals surface area contributed by atoms with Gasteiger partial charge in [-0.3, -0.25) is 4.79 Å². The van der Waals surface area contributed by atoms with E-state index in [0.29, 0.717) is 31.2 Å². The highest BCUT2D eigenvalue weighted by Crippen LogP contribution is 2.46. The summed E-state index contributed by atoms with van der Waals surface area (Å²) in [5.74, 6) is 7.85. The van der Waals surface area contributed by atoms with Crippen LogP contribution in [0.15, 0.2) is 65.1 Å². The molecule has 0 saturated carbocycles. The van der Waals surface area contributed by atoms with Crippen LogP contribution in [-0.2, 0) is 11.8 Å². The Bertz CT molecular complexity index is 1160. The van der Waals surface area contributed by atoms with Crippen molar-refractivity contribution in [3.05, 3.63) is 88.9 Å². The molecule has 1 saturated heterocycles.